The molecular formula is C20H29F4N3O4. The van der Waals surface area contributed by atoms with E-state index in [-0.39, 0.29) is 26.1 Å². The molecule has 176 valence electrons. The lowest BCUT2D eigenvalue weighted by molar-refractivity contribution is -0.193. The van der Waals surface area contributed by atoms with Crippen LogP contribution >= 0.6 is 0 Å². The van der Waals surface area contributed by atoms with E-state index in [0.29, 0.717) is 19.3 Å². The maximum Gasteiger partial charge on any atom is 0.471 e. The Morgan fingerprint density at radius 2 is 1.68 bits per heavy atom. The van der Waals surface area contributed by atoms with Crippen molar-refractivity contribution in [1.82, 2.24) is 14.7 Å². The van der Waals surface area contributed by atoms with Gasteiger partial charge < -0.3 is 14.5 Å². The molecule has 3 amide bonds. The van der Waals surface area contributed by atoms with Gasteiger partial charge in [0.15, 0.2) is 0 Å². The fourth-order valence-electron chi connectivity index (χ4n) is 4.40. The third-order valence-corrected chi connectivity index (χ3v) is 6.10. The number of nitrogens with zero attached hydrogens (tertiary/aromatic N) is 3. The first-order chi connectivity index (χ1) is 14.2. The van der Waals surface area contributed by atoms with Crippen molar-refractivity contribution < 1.29 is 36.7 Å². The summed E-state index contributed by atoms with van der Waals surface area (Å²) in [7, 11) is 0. The van der Waals surface area contributed by atoms with Crippen molar-refractivity contribution in [1.29, 1.82) is 0 Å². The molecule has 11 heteroatoms. The molecule has 0 bridgehead atoms. The minimum atomic E-state index is -4.99. The molecule has 0 radical (unpaired) electrons. The molecule has 3 atom stereocenters. The summed E-state index contributed by atoms with van der Waals surface area (Å²) in [4.78, 5) is 41.2. The molecule has 1 saturated carbocycles. The highest BCUT2D eigenvalue weighted by Crippen LogP contribution is 2.47. The van der Waals surface area contributed by atoms with Gasteiger partial charge in [-0.15, -0.1) is 0 Å². The number of likely N-dealkylation sites (tertiary alicyclic amines) is 1. The predicted molar refractivity (Wildman–Crippen MR) is 102 cm³/mol. The second-order valence-corrected chi connectivity index (χ2v) is 9.65. The molecule has 0 N–H and O–H groups in total. The monoisotopic (exact) mass is 451 g/mol. The smallest absolute Gasteiger partial charge is 0.444 e. The van der Waals surface area contributed by atoms with Gasteiger partial charge in [0, 0.05) is 25.6 Å². The molecule has 2 heterocycles. The van der Waals surface area contributed by atoms with Crippen LogP contribution in [0.2, 0.25) is 0 Å². The minimum Gasteiger partial charge on any atom is -0.444 e. The molecule has 1 aliphatic carbocycles. The topological polar surface area (TPSA) is 70.2 Å². The summed E-state index contributed by atoms with van der Waals surface area (Å²) in [5.74, 6) is -2.40. The van der Waals surface area contributed by atoms with E-state index in [1.165, 1.54) is 4.90 Å². The Morgan fingerprint density at radius 1 is 1.06 bits per heavy atom. The van der Waals surface area contributed by atoms with Crippen molar-refractivity contribution in [2.75, 3.05) is 19.6 Å². The maximum atomic E-state index is 14.2. The molecule has 0 aromatic carbocycles. The van der Waals surface area contributed by atoms with Crippen LogP contribution in [0.3, 0.4) is 0 Å². The van der Waals surface area contributed by atoms with E-state index < -0.39 is 53.5 Å². The SMILES string of the molecule is CC[C@H]1CN(C(=O)C(F)(F)F)C2(CC2)CN1C(=O)[C@@H]1C[C@@H](F)CN1C(=O)OC(C)(C)C. The number of rotatable bonds is 2. The standard InChI is InChI=1S/C20H29F4N3O4/c1-5-13-10-27(16(29)20(22,23)24)19(6-7-19)11-26(13)15(28)14-8-12(21)9-25(14)17(30)31-18(2,3)4/h12-14H,5-11H2,1-4H3/t12-,13+,14+/m1/s1. The molecule has 7 nitrogen and oxygen atoms in total. The molecule has 3 aliphatic rings. The lowest BCUT2D eigenvalue weighted by atomic mass is 10.00. The number of hydrogen-bond donors (Lipinski definition) is 0. The van der Waals surface area contributed by atoms with Gasteiger partial charge in [0.25, 0.3) is 0 Å². The zero-order valence-corrected chi connectivity index (χ0v) is 18.2. The number of carbonyl (C=O) groups excluding carboxylic acids is 3. The summed E-state index contributed by atoms with van der Waals surface area (Å²) in [5.41, 5.74) is -1.87. The highest BCUT2D eigenvalue weighted by atomic mass is 19.4. The Labute approximate surface area is 178 Å². The number of halogens is 4. The van der Waals surface area contributed by atoms with Crippen LogP contribution in [0.4, 0.5) is 22.4 Å². The van der Waals surface area contributed by atoms with Crippen LogP contribution < -0.4 is 0 Å². The molecule has 3 fully saturated rings. The van der Waals surface area contributed by atoms with Gasteiger partial charge in [-0.2, -0.15) is 13.2 Å². The molecule has 1 spiro atoms. The Kier molecular flexibility index (Phi) is 5.94. The Balaban J connectivity index is 1.81. The van der Waals surface area contributed by atoms with Crippen molar-refractivity contribution in [2.45, 2.75) is 88.9 Å². The van der Waals surface area contributed by atoms with E-state index in [4.69, 9.17) is 4.74 Å². The number of carbonyl (C=O) groups is 3. The Hall–Kier alpha value is -2.07. The van der Waals surface area contributed by atoms with Gasteiger partial charge in [-0.1, -0.05) is 6.92 Å². The number of alkyl halides is 4. The molecule has 0 aromatic heterocycles. The fourth-order valence-corrected chi connectivity index (χ4v) is 4.40. The first-order valence-electron chi connectivity index (χ1n) is 10.5. The number of amides is 3. The van der Waals surface area contributed by atoms with Gasteiger partial charge in [-0.25, -0.2) is 9.18 Å². The molecule has 31 heavy (non-hydrogen) atoms. The van der Waals surface area contributed by atoms with Crippen LogP contribution in [0.25, 0.3) is 0 Å². The van der Waals surface area contributed by atoms with Gasteiger partial charge in [0.2, 0.25) is 5.91 Å². The van der Waals surface area contributed by atoms with Crippen LogP contribution in [-0.4, -0.2) is 87.8 Å². The van der Waals surface area contributed by atoms with E-state index in [9.17, 15) is 31.9 Å². The second-order valence-electron chi connectivity index (χ2n) is 9.65. The van der Waals surface area contributed by atoms with Gasteiger partial charge in [0.1, 0.15) is 17.8 Å². The average Bonchev–Trinajstić information content (AvgIpc) is 3.29. The third kappa shape index (κ3) is 4.74. The second kappa shape index (κ2) is 7.81. The quantitative estimate of drug-likeness (QED) is 0.606. The van der Waals surface area contributed by atoms with Crippen LogP contribution in [0, 0.1) is 0 Å². The first-order valence-corrected chi connectivity index (χ1v) is 10.5. The highest BCUT2D eigenvalue weighted by molar-refractivity contribution is 5.88. The van der Waals surface area contributed by atoms with Crippen LogP contribution in [-0.2, 0) is 14.3 Å². The lowest BCUT2D eigenvalue weighted by Gasteiger charge is -2.48. The normalized spacial score (nSPS) is 28.1. The molecule has 2 aliphatic heterocycles. The number of piperazine rings is 1. The Bertz CT molecular complexity index is 748. The van der Waals surface area contributed by atoms with Crippen molar-refractivity contribution in [3.05, 3.63) is 0 Å². The van der Waals surface area contributed by atoms with Crippen molar-refractivity contribution >= 4 is 17.9 Å². The van der Waals surface area contributed by atoms with Crippen molar-refractivity contribution in [2.24, 2.45) is 0 Å². The van der Waals surface area contributed by atoms with E-state index in [0.717, 1.165) is 9.80 Å². The molecule has 0 unspecified atom stereocenters. The van der Waals surface area contributed by atoms with Crippen molar-refractivity contribution in [3.8, 4) is 0 Å². The van der Waals surface area contributed by atoms with Crippen LogP contribution in [0.5, 0.6) is 0 Å². The highest BCUT2D eigenvalue weighted by Gasteiger charge is 2.60. The van der Waals surface area contributed by atoms with Crippen LogP contribution in [0.15, 0.2) is 0 Å². The maximum absolute atomic E-state index is 14.2. The summed E-state index contributed by atoms with van der Waals surface area (Å²) < 4.78 is 58.7. The number of ether oxygens (including phenoxy) is 1. The number of hydrogen-bond acceptors (Lipinski definition) is 4. The molecule has 0 aromatic rings. The summed E-state index contributed by atoms with van der Waals surface area (Å²) in [5, 5.41) is 0. The average molecular weight is 451 g/mol. The Morgan fingerprint density at radius 3 is 2.16 bits per heavy atom. The van der Waals surface area contributed by atoms with Gasteiger partial charge in [0.05, 0.1) is 12.1 Å². The lowest BCUT2D eigenvalue weighted by Crippen LogP contribution is -2.66. The predicted octanol–water partition coefficient (Wildman–Crippen LogP) is 2.88. The minimum absolute atomic E-state index is 0.0538. The van der Waals surface area contributed by atoms with Gasteiger partial charge in [-0.3, -0.25) is 14.5 Å². The van der Waals surface area contributed by atoms with E-state index in [1.54, 1.807) is 27.7 Å². The summed E-state index contributed by atoms with van der Waals surface area (Å²) >= 11 is 0. The largest absolute Gasteiger partial charge is 0.471 e. The van der Waals surface area contributed by atoms with E-state index in [2.05, 4.69) is 0 Å². The molecule has 2 saturated heterocycles. The van der Waals surface area contributed by atoms with Gasteiger partial charge >= 0.3 is 18.2 Å². The first kappa shape index (κ1) is 23.6. The fraction of sp³-hybridized carbons (Fsp3) is 0.850. The van der Waals surface area contributed by atoms with Gasteiger partial charge in [-0.05, 0) is 40.0 Å². The molecule has 3 rings (SSSR count). The summed E-state index contributed by atoms with van der Waals surface area (Å²) in [6.07, 6.45) is -6.33. The van der Waals surface area contributed by atoms with Crippen molar-refractivity contribution in [3.63, 3.8) is 0 Å². The van der Waals surface area contributed by atoms with E-state index in [1.807, 2.05) is 0 Å². The summed E-state index contributed by atoms with van der Waals surface area (Å²) in [6.45, 7) is 6.12. The zero-order valence-electron chi connectivity index (χ0n) is 18.2. The molecular weight excluding hydrogens is 422 g/mol. The third-order valence-electron chi connectivity index (χ3n) is 6.10. The van der Waals surface area contributed by atoms with Crippen LogP contribution in [0.1, 0.15) is 53.4 Å². The summed E-state index contributed by atoms with van der Waals surface area (Å²) in [6, 6.07) is -1.73. The zero-order chi connectivity index (χ0) is 23.4. The van der Waals surface area contributed by atoms with E-state index >= 15 is 0 Å².